The van der Waals surface area contributed by atoms with Crippen LogP contribution in [-0.2, 0) is 0 Å². The molecular formula is C15H10O5. The van der Waals surface area contributed by atoms with E-state index in [4.69, 9.17) is 8.83 Å². The van der Waals surface area contributed by atoms with E-state index >= 15 is 0 Å². The number of hydrogen-bond acceptors (Lipinski definition) is 5. The van der Waals surface area contributed by atoms with Crippen LogP contribution in [-0.4, -0.2) is 5.78 Å². The molecule has 0 aliphatic heterocycles. The number of benzene rings is 1. The van der Waals surface area contributed by atoms with Crippen LogP contribution in [0.25, 0.3) is 21.9 Å². The SMILES string of the molecule is CC(=O)c1cc2cc3oc(=O)c(C)cc3cc2oc1=O. The molecule has 5 heteroatoms. The minimum Gasteiger partial charge on any atom is -0.423 e. The van der Waals surface area contributed by atoms with Gasteiger partial charge in [0.1, 0.15) is 16.7 Å². The fourth-order valence-corrected chi connectivity index (χ4v) is 2.08. The third-order valence-corrected chi connectivity index (χ3v) is 3.14. The van der Waals surface area contributed by atoms with Gasteiger partial charge in [0.2, 0.25) is 0 Å². The number of hydrogen-bond donors (Lipinski definition) is 0. The van der Waals surface area contributed by atoms with E-state index in [1.165, 1.54) is 13.0 Å². The molecule has 0 N–H and O–H groups in total. The zero-order valence-electron chi connectivity index (χ0n) is 10.9. The molecule has 0 unspecified atom stereocenters. The Morgan fingerprint density at radius 2 is 1.45 bits per heavy atom. The van der Waals surface area contributed by atoms with E-state index in [-0.39, 0.29) is 11.3 Å². The lowest BCUT2D eigenvalue weighted by molar-refractivity contribution is 0.101. The van der Waals surface area contributed by atoms with Crippen LogP contribution in [0, 0.1) is 6.92 Å². The van der Waals surface area contributed by atoms with E-state index in [0.29, 0.717) is 27.5 Å². The smallest absolute Gasteiger partial charge is 0.347 e. The summed E-state index contributed by atoms with van der Waals surface area (Å²) in [4.78, 5) is 34.5. The van der Waals surface area contributed by atoms with Gasteiger partial charge in [0, 0.05) is 16.3 Å². The van der Waals surface area contributed by atoms with Gasteiger partial charge < -0.3 is 8.83 Å². The number of aryl methyl sites for hydroxylation is 1. The summed E-state index contributed by atoms with van der Waals surface area (Å²) in [5, 5.41) is 1.20. The predicted molar refractivity (Wildman–Crippen MR) is 73.3 cm³/mol. The van der Waals surface area contributed by atoms with E-state index in [2.05, 4.69) is 0 Å². The zero-order chi connectivity index (χ0) is 14.4. The first kappa shape index (κ1) is 12.3. The quantitative estimate of drug-likeness (QED) is 0.385. The number of Topliss-reactive ketones (excluding diaryl/α,β-unsaturated/α-hetero) is 1. The molecule has 20 heavy (non-hydrogen) atoms. The van der Waals surface area contributed by atoms with Gasteiger partial charge >= 0.3 is 11.3 Å². The Labute approximate surface area is 112 Å². The van der Waals surface area contributed by atoms with E-state index in [1.807, 2.05) is 0 Å². The average molecular weight is 270 g/mol. The Kier molecular flexibility index (Phi) is 2.57. The summed E-state index contributed by atoms with van der Waals surface area (Å²) < 4.78 is 10.3. The van der Waals surface area contributed by atoms with Gasteiger partial charge in [-0.15, -0.1) is 0 Å². The summed E-state index contributed by atoms with van der Waals surface area (Å²) in [6.45, 7) is 2.94. The maximum Gasteiger partial charge on any atom is 0.347 e. The van der Waals surface area contributed by atoms with E-state index < -0.39 is 11.3 Å². The molecule has 100 valence electrons. The van der Waals surface area contributed by atoms with E-state index in [9.17, 15) is 14.4 Å². The molecule has 0 saturated carbocycles. The van der Waals surface area contributed by atoms with E-state index in [0.717, 1.165) is 0 Å². The summed E-state index contributed by atoms with van der Waals surface area (Å²) in [5.74, 6) is -0.369. The minimum absolute atomic E-state index is 0.0219. The van der Waals surface area contributed by atoms with Crippen LogP contribution in [0.15, 0.2) is 42.7 Å². The van der Waals surface area contributed by atoms with Crippen LogP contribution < -0.4 is 11.3 Å². The number of carbonyl (C=O) groups excluding carboxylic acids is 1. The predicted octanol–water partition coefficient (Wildman–Crippen LogP) is 2.41. The van der Waals surface area contributed by atoms with Gasteiger partial charge in [-0.1, -0.05) is 0 Å². The molecule has 0 aliphatic rings. The van der Waals surface area contributed by atoms with E-state index in [1.54, 1.807) is 25.1 Å². The molecule has 0 saturated heterocycles. The standard InChI is InChI=1S/C15H10O5/c1-7-3-9-5-13-10(6-12(9)19-14(7)17)4-11(8(2)16)15(18)20-13/h3-6H,1-2H3. The van der Waals surface area contributed by atoms with Crippen LogP contribution in [0.4, 0.5) is 0 Å². The number of fused-ring (bicyclic) bond motifs is 2. The molecule has 0 fully saturated rings. The summed E-state index contributed by atoms with van der Waals surface area (Å²) in [6.07, 6.45) is 0. The zero-order valence-corrected chi connectivity index (χ0v) is 10.9. The van der Waals surface area contributed by atoms with Crippen molar-refractivity contribution in [2.45, 2.75) is 13.8 Å². The third kappa shape index (κ3) is 1.84. The maximum atomic E-state index is 11.7. The molecule has 0 atom stereocenters. The highest BCUT2D eigenvalue weighted by Crippen LogP contribution is 2.22. The Morgan fingerprint density at radius 3 is 2.05 bits per heavy atom. The second kappa shape index (κ2) is 4.16. The molecule has 3 aromatic rings. The van der Waals surface area contributed by atoms with Gasteiger partial charge in [-0.3, -0.25) is 4.79 Å². The minimum atomic E-state index is -0.668. The highest BCUT2D eigenvalue weighted by Gasteiger charge is 2.11. The largest absolute Gasteiger partial charge is 0.423 e. The fourth-order valence-electron chi connectivity index (χ4n) is 2.08. The molecule has 0 bridgehead atoms. The van der Waals surface area contributed by atoms with Crippen molar-refractivity contribution in [3.8, 4) is 0 Å². The van der Waals surface area contributed by atoms with Crippen LogP contribution in [0.1, 0.15) is 22.8 Å². The molecule has 5 nitrogen and oxygen atoms in total. The van der Waals surface area contributed by atoms with Crippen molar-refractivity contribution in [2.75, 3.05) is 0 Å². The van der Waals surface area contributed by atoms with Crippen molar-refractivity contribution >= 4 is 27.7 Å². The molecule has 0 spiro atoms. The van der Waals surface area contributed by atoms with Crippen LogP contribution in [0.5, 0.6) is 0 Å². The van der Waals surface area contributed by atoms with Gasteiger partial charge in [0.15, 0.2) is 5.78 Å². The normalized spacial score (nSPS) is 11.1. The molecule has 1 aromatic carbocycles. The lowest BCUT2D eigenvalue weighted by atomic mass is 10.1. The van der Waals surface area contributed by atoms with Gasteiger partial charge in [0.25, 0.3) is 0 Å². The fraction of sp³-hybridized carbons (Fsp3) is 0.133. The van der Waals surface area contributed by atoms with Crippen molar-refractivity contribution < 1.29 is 13.6 Å². The van der Waals surface area contributed by atoms with Crippen LogP contribution in [0.2, 0.25) is 0 Å². The van der Waals surface area contributed by atoms with Crippen molar-refractivity contribution in [1.82, 2.24) is 0 Å². The van der Waals surface area contributed by atoms with Gasteiger partial charge in [-0.2, -0.15) is 0 Å². The Balaban J connectivity index is 2.45. The van der Waals surface area contributed by atoms with Crippen molar-refractivity contribution in [1.29, 1.82) is 0 Å². The van der Waals surface area contributed by atoms with Crippen LogP contribution in [0.3, 0.4) is 0 Å². The van der Waals surface area contributed by atoms with Crippen molar-refractivity contribution in [2.24, 2.45) is 0 Å². The summed E-state index contributed by atoms with van der Waals surface area (Å²) in [5.41, 5.74) is 0.0996. The summed E-state index contributed by atoms with van der Waals surface area (Å²) >= 11 is 0. The van der Waals surface area contributed by atoms with Gasteiger partial charge in [0.05, 0.1) is 0 Å². The molecule has 0 radical (unpaired) electrons. The lowest BCUT2D eigenvalue weighted by Gasteiger charge is -2.02. The van der Waals surface area contributed by atoms with Gasteiger partial charge in [-0.25, -0.2) is 9.59 Å². The Hall–Kier alpha value is -2.69. The lowest BCUT2D eigenvalue weighted by Crippen LogP contribution is -2.11. The topological polar surface area (TPSA) is 77.5 Å². The Bertz CT molecular complexity index is 975. The summed E-state index contributed by atoms with van der Waals surface area (Å²) in [6, 6.07) is 6.31. The third-order valence-electron chi connectivity index (χ3n) is 3.14. The second-order valence-electron chi connectivity index (χ2n) is 4.65. The second-order valence-corrected chi connectivity index (χ2v) is 4.65. The molecule has 2 heterocycles. The molecular weight excluding hydrogens is 260 g/mol. The maximum absolute atomic E-state index is 11.7. The number of rotatable bonds is 1. The average Bonchev–Trinajstić information content (AvgIpc) is 2.37. The molecule has 0 aliphatic carbocycles. The first-order chi connectivity index (χ1) is 9.45. The van der Waals surface area contributed by atoms with Crippen molar-refractivity contribution in [3.05, 3.63) is 56.2 Å². The Morgan fingerprint density at radius 1 is 0.900 bits per heavy atom. The number of carbonyl (C=O) groups is 1. The number of ketones is 1. The highest BCUT2D eigenvalue weighted by molar-refractivity contribution is 5.99. The summed E-state index contributed by atoms with van der Waals surface area (Å²) in [7, 11) is 0. The monoisotopic (exact) mass is 270 g/mol. The first-order valence-corrected chi connectivity index (χ1v) is 5.99. The first-order valence-electron chi connectivity index (χ1n) is 5.99. The van der Waals surface area contributed by atoms with Crippen LogP contribution >= 0.6 is 0 Å². The van der Waals surface area contributed by atoms with Gasteiger partial charge in [-0.05, 0) is 38.1 Å². The molecule has 2 aromatic heterocycles. The molecule has 3 rings (SSSR count). The highest BCUT2D eigenvalue weighted by atomic mass is 16.4. The van der Waals surface area contributed by atoms with Crippen molar-refractivity contribution in [3.63, 3.8) is 0 Å². The molecule has 0 amide bonds.